The second-order valence-electron chi connectivity index (χ2n) is 6.52. The van der Waals surface area contributed by atoms with Crippen molar-refractivity contribution in [3.8, 4) is 17.5 Å². The quantitative estimate of drug-likeness (QED) is 0.506. The van der Waals surface area contributed by atoms with Crippen LogP contribution in [0.15, 0.2) is 70.3 Å². The van der Waals surface area contributed by atoms with Crippen LogP contribution in [0.4, 0.5) is 8.78 Å². The van der Waals surface area contributed by atoms with Crippen molar-refractivity contribution >= 4 is 10.9 Å². The Morgan fingerprint density at radius 3 is 2.21 bits per heavy atom. The molecule has 0 amide bonds. The summed E-state index contributed by atoms with van der Waals surface area (Å²) in [6, 6.07) is 15.8. The standard InChI is InChI=1S/C23H14F2N2O2/c1-14-7-10-17-20(11-14)26-23(29)27(22(17)28)21-18(24)12-16(13-19(21)25)9-8-15-5-3-2-4-6-15/h2-7,10-13H,1H3,(H,26,29). The lowest BCUT2D eigenvalue weighted by Gasteiger charge is -2.09. The van der Waals surface area contributed by atoms with Gasteiger partial charge in [-0.2, -0.15) is 0 Å². The smallest absolute Gasteiger partial charge is 0.306 e. The van der Waals surface area contributed by atoms with Gasteiger partial charge in [0, 0.05) is 11.1 Å². The highest BCUT2D eigenvalue weighted by molar-refractivity contribution is 5.78. The minimum Gasteiger partial charge on any atom is -0.306 e. The third kappa shape index (κ3) is 3.46. The van der Waals surface area contributed by atoms with E-state index >= 15 is 0 Å². The highest BCUT2D eigenvalue weighted by Gasteiger charge is 2.18. The number of aromatic amines is 1. The Morgan fingerprint density at radius 1 is 0.862 bits per heavy atom. The van der Waals surface area contributed by atoms with E-state index in [2.05, 4.69) is 16.8 Å². The van der Waals surface area contributed by atoms with Crippen LogP contribution in [-0.4, -0.2) is 9.55 Å². The van der Waals surface area contributed by atoms with Crippen molar-refractivity contribution in [1.29, 1.82) is 0 Å². The maximum Gasteiger partial charge on any atom is 0.333 e. The van der Waals surface area contributed by atoms with Crippen LogP contribution in [0.2, 0.25) is 0 Å². The number of nitrogens with zero attached hydrogens (tertiary/aromatic N) is 1. The van der Waals surface area contributed by atoms with Crippen molar-refractivity contribution in [2.45, 2.75) is 6.92 Å². The third-order valence-corrected chi connectivity index (χ3v) is 4.42. The molecule has 0 aliphatic rings. The van der Waals surface area contributed by atoms with E-state index in [0.29, 0.717) is 15.6 Å². The molecule has 0 bridgehead atoms. The van der Waals surface area contributed by atoms with Gasteiger partial charge in [0.25, 0.3) is 5.56 Å². The number of benzene rings is 3. The fraction of sp³-hybridized carbons (Fsp3) is 0.0435. The average Bonchev–Trinajstić information content (AvgIpc) is 2.69. The van der Waals surface area contributed by atoms with E-state index in [1.165, 1.54) is 6.07 Å². The molecule has 0 aliphatic heterocycles. The molecular formula is C23H14F2N2O2. The summed E-state index contributed by atoms with van der Waals surface area (Å²) in [6.45, 7) is 1.80. The number of hydrogen-bond donors (Lipinski definition) is 1. The summed E-state index contributed by atoms with van der Waals surface area (Å²) in [5, 5.41) is 0.155. The van der Waals surface area contributed by atoms with Crippen LogP contribution in [0.5, 0.6) is 0 Å². The third-order valence-electron chi connectivity index (χ3n) is 4.42. The number of aryl methyl sites for hydroxylation is 1. The Kier molecular flexibility index (Phi) is 4.57. The predicted octanol–water partition coefficient (Wildman–Crippen LogP) is 3.67. The molecular weight excluding hydrogens is 374 g/mol. The number of aromatic nitrogens is 2. The maximum absolute atomic E-state index is 14.7. The summed E-state index contributed by atoms with van der Waals surface area (Å²) >= 11 is 0. The summed E-state index contributed by atoms with van der Waals surface area (Å²) in [7, 11) is 0. The number of nitrogens with one attached hydrogen (secondary N) is 1. The molecule has 4 nitrogen and oxygen atoms in total. The predicted molar refractivity (Wildman–Crippen MR) is 107 cm³/mol. The number of H-pyrrole nitrogens is 1. The van der Waals surface area contributed by atoms with Gasteiger partial charge in [0.2, 0.25) is 0 Å². The molecule has 0 saturated carbocycles. The Hall–Kier alpha value is -3.98. The Labute approximate surface area is 164 Å². The van der Waals surface area contributed by atoms with Crippen molar-refractivity contribution in [2.75, 3.05) is 0 Å². The summed E-state index contributed by atoms with van der Waals surface area (Å²) in [4.78, 5) is 27.7. The Bertz CT molecular complexity index is 1400. The summed E-state index contributed by atoms with van der Waals surface area (Å²) in [5.74, 6) is 3.38. The van der Waals surface area contributed by atoms with Crippen LogP contribution >= 0.6 is 0 Å². The molecule has 0 atom stereocenters. The monoisotopic (exact) mass is 388 g/mol. The first-order valence-electron chi connectivity index (χ1n) is 8.76. The zero-order valence-corrected chi connectivity index (χ0v) is 15.3. The molecule has 0 unspecified atom stereocenters. The number of halogens is 2. The van der Waals surface area contributed by atoms with Crippen molar-refractivity contribution < 1.29 is 8.78 Å². The van der Waals surface area contributed by atoms with Gasteiger partial charge < -0.3 is 4.98 Å². The van der Waals surface area contributed by atoms with Gasteiger partial charge >= 0.3 is 5.69 Å². The van der Waals surface area contributed by atoms with Crippen LogP contribution in [0, 0.1) is 30.4 Å². The summed E-state index contributed by atoms with van der Waals surface area (Å²) in [6.07, 6.45) is 0. The molecule has 0 spiro atoms. The molecule has 4 aromatic rings. The zero-order valence-electron chi connectivity index (χ0n) is 15.3. The lowest BCUT2D eigenvalue weighted by molar-refractivity contribution is 0.562. The van der Waals surface area contributed by atoms with Gasteiger partial charge in [0.1, 0.15) is 5.69 Å². The van der Waals surface area contributed by atoms with Gasteiger partial charge in [-0.25, -0.2) is 18.1 Å². The van der Waals surface area contributed by atoms with E-state index in [0.717, 1.165) is 17.7 Å². The van der Waals surface area contributed by atoms with Crippen LogP contribution in [0.3, 0.4) is 0 Å². The van der Waals surface area contributed by atoms with E-state index in [-0.39, 0.29) is 10.9 Å². The lowest BCUT2D eigenvalue weighted by Crippen LogP contribution is -2.35. The van der Waals surface area contributed by atoms with Gasteiger partial charge in [-0.3, -0.25) is 4.79 Å². The van der Waals surface area contributed by atoms with Gasteiger partial charge in [-0.15, -0.1) is 0 Å². The molecule has 0 fully saturated rings. The molecule has 4 rings (SSSR count). The first-order chi connectivity index (χ1) is 13.9. The molecule has 142 valence electrons. The second-order valence-corrected chi connectivity index (χ2v) is 6.52. The van der Waals surface area contributed by atoms with E-state index in [1.807, 2.05) is 6.07 Å². The molecule has 6 heteroatoms. The molecule has 3 aromatic carbocycles. The number of fused-ring (bicyclic) bond motifs is 1. The van der Waals surface area contributed by atoms with Crippen LogP contribution in [-0.2, 0) is 0 Å². The fourth-order valence-corrected chi connectivity index (χ4v) is 3.05. The molecule has 0 saturated heterocycles. The maximum atomic E-state index is 14.7. The fourth-order valence-electron chi connectivity index (χ4n) is 3.05. The largest absolute Gasteiger partial charge is 0.333 e. The molecule has 1 N–H and O–H groups in total. The Morgan fingerprint density at radius 2 is 1.52 bits per heavy atom. The van der Waals surface area contributed by atoms with Crippen molar-refractivity contribution in [3.05, 3.63) is 110 Å². The SMILES string of the molecule is Cc1ccc2c(=O)n(-c3c(F)cc(C#Cc4ccccc4)cc3F)c(=O)[nH]c2c1. The number of hydrogen-bond acceptors (Lipinski definition) is 2. The van der Waals surface area contributed by atoms with E-state index in [1.54, 1.807) is 43.3 Å². The molecule has 29 heavy (non-hydrogen) atoms. The minimum absolute atomic E-state index is 0.0912. The van der Waals surface area contributed by atoms with Gasteiger partial charge in [-0.1, -0.05) is 36.1 Å². The number of rotatable bonds is 1. The lowest BCUT2D eigenvalue weighted by atomic mass is 10.1. The zero-order chi connectivity index (χ0) is 20.5. The van der Waals surface area contributed by atoms with Crippen molar-refractivity contribution in [2.24, 2.45) is 0 Å². The molecule has 0 radical (unpaired) electrons. The Balaban J connectivity index is 1.87. The molecule has 0 aliphatic carbocycles. The van der Waals surface area contributed by atoms with Crippen LogP contribution in [0.1, 0.15) is 16.7 Å². The first kappa shape index (κ1) is 18.4. The normalized spacial score (nSPS) is 10.6. The first-order valence-corrected chi connectivity index (χ1v) is 8.76. The molecule has 1 aromatic heterocycles. The highest BCUT2D eigenvalue weighted by atomic mass is 19.1. The van der Waals surface area contributed by atoms with Crippen molar-refractivity contribution in [1.82, 2.24) is 9.55 Å². The van der Waals surface area contributed by atoms with Crippen molar-refractivity contribution in [3.63, 3.8) is 0 Å². The second kappa shape index (κ2) is 7.21. The van der Waals surface area contributed by atoms with E-state index in [4.69, 9.17) is 0 Å². The minimum atomic E-state index is -1.05. The molecule has 1 heterocycles. The van der Waals surface area contributed by atoms with E-state index < -0.39 is 28.6 Å². The average molecular weight is 388 g/mol. The van der Waals surface area contributed by atoms with Gasteiger partial charge in [0.05, 0.1) is 10.9 Å². The van der Waals surface area contributed by atoms with Crippen LogP contribution < -0.4 is 11.2 Å². The van der Waals surface area contributed by atoms with Gasteiger partial charge in [-0.05, 0) is 48.9 Å². The topological polar surface area (TPSA) is 54.9 Å². The van der Waals surface area contributed by atoms with Crippen LogP contribution in [0.25, 0.3) is 16.6 Å². The van der Waals surface area contributed by atoms with Gasteiger partial charge in [0.15, 0.2) is 11.6 Å². The summed E-state index contributed by atoms with van der Waals surface area (Å²) < 4.78 is 29.9. The highest BCUT2D eigenvalue weighted by Crippen LogP contribution is 2.18. The summed E-state index contributed by atoms with van der Waals surface area (Å²) in [5.41, 5.74) is -0.530. The van der Waals surface area contributed by atoms with E-state index in [9.17, 15) is 18.4 Å².